The van der Waals surface area contributed by atoms with Gasteiger partial charge in [-0.05, 0) is 24.3 Å². The number of para-hydroxylation sites is 2. The number of alkyl carbamates (subject to hydrolysis) is 1. The molecule has 1 heterocycles. The maximum Gasteiger partial charge on any atom is 0.587 e. The van der Waals surface area contributed by atoms with Crippen LogP contribution in [0.3, 0.4) is 0 Å². The highest BCUT2D eigenvalue weighted by atomic mass is 31.2. The van der Waals surface area contributed by atoms with Crippen LogP contribution in [0, 0.1) is 0 Å². The fourth-order valence-corrected chi connectivity index (χ4v) is 3.20. The standard InChI is InChI=1S/C16H14NO7P/c18-15-14(17-16(19)22-15)11-21-25(20,23-12-7-3-1-4-8-12)24-13-9-5-2-6-10-13/h1-10,14H,11H2,(H,17,19)/t14-/m0/s1. The number of amides is 1. The van der Waals surface area contributed by atoms with Crippen LogP contribution in [0.15, 0.2) is 60.7 Å². The molecule has 3 rings (SSSR count). The molecule has 25 heavy (non-hydrogen) atoms. The number of hydrogen-bond donors (Lipinski definition) is 1. The number of carbonyl (C=O) groups excluding carboxylic acids is 2. The average Bonchev–Trinajstić information content (AvgIpc) is 2.92. The van der Waals surface area contributed by atoms with E-state index < -0.39 is 32.5 Å². The molecule has 0 unspecified atom stereocenters. The van der Waals surface area contributed by atoms with Gasteiger partial charge in [0.05, 0.1) is 6.61 Å². The predicted molar refractivity (Wildman–Crippen MR) is 86.1 cm³/mol. The molecule has 2 aromatic rings. The van der Waals surface area contributed by atoms with Crippen LogP contribution >= 0.6 is 7.82 Å². The minimum absolute atomic E-state index is 0.264. The van der Waals surface area contributed by atoms with Gasteiger partial charge in [-0.1, -0.05) is 36.4 Å². The Hall–Kier alpha value is -2.83. The maximum atomic E-state index is 13.0. The number of hydrogen-bond acceptors (Lipinski definition) is 7. The van der Waals surface area contributed by atoms with E-state index in [4.69, 9.17) is 13.6 Å². The fourth-order valence-electron chi connectivity index (χ4n) is 1.96. The Morgan fingerprint density at radius 1 is 0.920 bits per heavy atom. The van der Waals surface area contributed by atoms with Gasteiger partial charge in [0.25, 0.3) is 0 Å². The maximum absolute atomic E-state index is 13.0. The Kier molecular flexibility index (Phi) is 5.02. The molecule has 1 N–H and O–H groups in total. The van der Waals surface area contributed by atoms with E-state index >= 15 is 0 Å². The van der Waals surface area contributed by atoms with E-state index in [1.165, 1.54) is 0 Å². The molecule has 1 aliphatic rings. The number of cyclic esters (lactones) is 2. The largest absolute Gasteiger partial charge is 0.587 e. The first-order chi connectivity index (χ1) is 12.0. The Labute approximate surface area is 143 Å². The summed E-state index contributed by atoms with van der Waals surface area (Å²) in [5, 5.41) is 2.24. The van der Waals surface area contributed by atoms with Gasteiger partial charge in [-0.2, -0.15) is 0 Å². The third-order valence-electron chi connectivity index (χ3n) is 3.09. The summed E-state index contributed by atoms with van der Waals surface area (Å²) in [5.74, 6) is -0.296. The molecule has 1 saturated heterocycles. The summed E-state index contributed by atoms with van der Waals surface area (Å²) in [4.78, 5) is 22.5. The molecule has 1 amide bonds. The molecule has 9 heteroatoms. The predicted octanol–water partition coefficient (Wildman–Crippen LogP) is 2.90. The van der Waals surface area contributed by atoms with Gasteiger partial charge in [0, 0.05) is 0 Å². The molecular formula is C16H14NO7P. The summed E-state index contributed by atoms with van der Waals surface area (Å²) < 4.78 is 33.3. The molecule has 1 atom stereocenters. The lowest BCUT2D eigenvalue weighted by atomic mass is 10.3. The van der Waals surface area contributed by atoms with Crippen molar-refractivity contribution >= 4 is 19.9 Å². The zero-order valence-corrected chi connectivity index (χ0v) is 13.8. The lowest BCUT2D eigenvalue weighted by Crippen LogP contribution is -2.33. The third kappa shape index (κ3) is 4.59. The van der Waals surface area contributed by atoms with E-state index in [0.717, 1.165) is 0 Å². The van der Waals surface area contributed by atoms with Crippen LogP contribution in [0.4, 0.5) is 4.79 Å². The topological polar surface area (TPSA) is 100 Å². The quantitative estimate of drug-likeness (QED) is 0.459. The number of benzene rings is 2. The molecule has 2 aromatic carbocycles. The number of carbonyl (C=O) groups is 2. The van der Waals surface area contributed by atoms with E-state index in [0.29, 0.717) is 0 Å². The molecule has 0 spiro atoms. The number of ether oxygens (including phenoxy) is 1. The summed E-state index contributed by atoms with van der Waals surface area (Å²) in [6.07, 6.45) is -0.888. The van der Waals surface area contributed by atoms with Gasteiger partial charge < -0.3 is 19.1 Å². The van der Waals surface area contributed by atoms with Crippen molar-refractivity contribution in [3.05, 3.63) is 60.7 Å². The van der Waals surface area contributed by atoms with Crippen molar-refractivity contribution in [2.24, 2.45) is 0 Å². The Bertz CT molecular complexity index is 751. The van der Waals surface area contributed by atoms with Gasteiger partial charge in [-0.15, -0.1) is 0 Å². The minimum atomic E-state index is -4.12. The van der Waals surface area contributed by atoms with Crippen molar-refractivity contribution in [2.45, 2.75) is 6.04 Å². The van der Waals surface area contributed by atoms with Gasteiger partial charge in [-0.3, -0.25) is 4.52 Å². The Morgan fingerprint density at radius 2 is 1.44 bits per heavy atom. The van der Waals surface area contributed by atoms with Crippen LogP contribution in [0.25, 0.3) is 0 Å². The molecule has 0 aliphatic carbocycles. The van der Waals surface area contributed by atoms with Gasteiger partial charge >= 0.3 is 19.9 Å². The molecule has 0 bridgehead atoms. The first-order valence-corrected chi connectivity index (χ1v) is 8.76. The van der Waals surface area contributed by atoms with Crippen LogP contribution in [0.5, 0.6) is 11.5 Å². The van der Waals surface area contributed by atoms with Crippen LogP contribution in [-0.2, 0) is 18.6 Å². The summed E-state index contributed by atoms with van der Waals surface area (Å²) in [6.45, 7) is -0.429. The van der Waals surface area contributed by atoms with E-state index in [-0.39, 0.29) is 11.5 Å². The second-order valence-corrected chi connectivity index (χ2v) is 6.47. The monoisotopic (exact) mass is 363 g/mol. The van der Waals surface area contributed by atoms with Crippen molar-refractivity contribution in [3.8, 4) is 11.5 Å². The van der Waals surface area contributed by atoms with Crippen LogP contribution in [0.1, 0.15) is 0 Å². The third-order valence-corrected chi connectivity index (χ3v) is 4.42. The number of nitrogens with one attached hydrogen (secondary N) is 1. The van der Waals surface area contributed by atoms with Gasteiger partial charge in [-0.25, -0.2) is 14.2 Å². The number of phosphoric ester groups is 1. The van der Waals surface area contributed by atoms with Gasteiger partial charge in [0.1, 0.15) is 11.5 Å². The molecular weight excluding hydrogens is 349 g/mol. The smallest absolute Gasteiger partial charge is 0.395 e. The van der Waals surface area contributed by atoms with Crippen LogP contribution in [0.2, 0.25) is 0 Å². The molecule has 0 aromatic heterocycles. The first-order valence-electron chi connectivity index (χ1n) is 7.30. The van der Waals surface area contributed by atoms with E-state index in [1.54, 1.807) is 60.7 Å². The first kappa shape index (κ1) is 17.0. The molecule has 1 aliphatic heterocycles. The second kappa shape index (κ2) is 7.38. The summed E-state index contributed by atoms with van der Waals surface area (Å²) >= 11 is 0. The normalized spacial score (nSPS) is 16.9. The molecule has 1 fully saturated rings. The Morgan fingerprint density at radius 3 is 1.88 bits per heavy atom. The zero-order chi connectivity index (χ0) is 17.7. The molecule has 8 nitrogen and oxygen atoms in total. The SMILES string of the molecule is O=C1N[C@@H](COP(=O)(Oc2ccccc2)Oc2ccccc2)C(=O)O1. The highest BCUT2D eigenvalue weighted by molar-refractivity contribution is 7.49. The second-order valence-electron chi connectivity index (χ2n) is 4.96. The van der Waals surface area contributed by atoms with Crippen molar-refractivity contribution in [1.29, 1.82) is 0 Å². The highest BCUT2D eigenvalue weighted by Gasteiger charge is 2.38. The average molecular weight is 363 g/mol. The number of rotatable bonds is 7. The Balaban J connectivity index is 1.75. The van der Waals surface area contributed by atoms with Gasteiger partial charge in [0.2, 0.25) is 0 Å². The number of esters is 1. The van der Waals surface area contributed by atoms with Crippen molar-refractivity contribution in [2.75, 3.05) is 6.61 Å². The highest BCUT2D eigenvalue weighted by Crippen LogP contribution is 2.49. The van der Waals surface area contributed by atoms with Crippen LogP contribution in [-0.4, -0.2) is 24.7 Å². The van der Waals surface area contributed by atoms with Crippen LogP contribution < -0.4 is 14.4 Å². The molecule has 0 radical (unpaired) electrons. The van der Waals surface area contributed by atoms with Crippen molar-refractivity contribution in [1.82, 2.24) is 5.32 Å². The van der Waals surface area contributed by atoms with Crippen molar-refractivity contribution < 1.29 is 32.5 Å². The van der Waals surface area contributed by atoms with E-state index in [1.807, 2.05) is 0 Å². The summed E-state index contributed by atoms with van der Waals surface area (Å²) in [6, 6.07) is 15.5. The molecule has 130 valence electrons. The van der Waals surface area contributed by atoms with E-state index in [9.17, 15) is 14.2 Å². The van der Waals surface area contributed by atoms with Crippen molar-refractivity contribution in [3.63, 3.8) is 0 Å². The van der Waals surface area contributed by atoms with E-state index in [2.05, 4.69) is 10.1 Å². The fraction of sp³-hybridized carbons (Fsp3) is 0.125. The number of phosphoric acid groups is 1. The van der Waals surface area contributed by atoms with Gasteiger partial charge in [0.15, 0.2) is 6.04 Å². The lowest BCUT2D eigenvalue weighted by molar-refractivity contribution is -0.135. The zero-order valence-electron chi connectivity index (χ0n) is 12.9. The molecule has 0 saturated carbocycles. The minimum Gasteiger partial charge on any atom is -0.395 e. The summed E-state index contributed by atoms with van der Waals surface area (Å²) in [5.41, 5.74) is 0. The lowest BCUT2D eigenvalue weighted by Gasteiger charge is -2.19. The summed E-state index contributed by atoms with van der Waals surface area (Å²) in [7, 11) is -4.12.